The van der Waals surface area contributed by atoms with Gasteiger partial charge in [0.05, 0.1) is 5.56 Å². The predicted molar refractivity (Wildman–Crippen MR) is 88.8 cm³/mol. The lowest BCUT2D eigenvalue weighted by molar-refractivity contribution is -0.155. The van der Waals surface area contributed by atoms with Crippen molar-refractivity contribution in [3.63, 3.8) is 0 Å². The highest BCUT2D eigenvalue weighted by atomic mass is 16.7. The number of aromatic amines is 1. The molecule has 0 radical (unpaired) electrons. The second-order valence-corrected chi connectivity index (χ2v) is 5.87. The number of hydrogen-bond donors (Lipinski definition) is 1. The van der Waals surface area contributed by atoms with Gasteiger partial charge in [0.15, 0.2) is 6.29 Å². The highest BCUT2D eigenvalue weighted by Crippen LogP contribution is 2.30. The third-order valence-electron chi connectivity index (χ3n) is 3.94. The number of nitrogens with zero attached hydrogens (tertiary/aromatic N) is 1. The van der Waals surface area contributed by atoms with E-state index in [2.05, 4.69) is 4.98 Å². The number of rotatable bonds is 7. The molecule has 11 nitrogen and oxygen atoms in total. The molecular formula is C16H22N2O9. The van der Waals surface area contributed by atoms with E-state index in [1.54, 1.807) is 0 Å². The number of nitrogens with one attached hydrogen (secondary N) is 1. The maximum absolute atomic E-state index is 12.2. The van der Waals surface area contributed by atoms with E-state index >= 15 is 0 Å². The van der Waals surface area contributed by atoms with Crippen molar-refractivity contribution in [2.75, 3.05) is 20.8 Å². The van der Waals surface area contributed by atoms with Gasteiger partial charge in [-0.1, -0.05) is 0 Å². The lowest BCUT2D eigenvalue weighted by Crippen LogP contribution is -2.35. The summed E-state index contributed by atoms with van der Waals surface area (Å²) in [4.78, 5) is 48.8. The van der Waals surface area contributed by atoms with Crippen LogP contribution >= 0.6 is 0 Å². The largest absolute Gasteiger partial charge is 0.463 e. The van der Waals surface area contributed by atoms with Gasteiger partial charge in [0.1, 0.15) is 25.0 Å². The van der Waals surface area contributed by atoms with E-state index in [1.807, 2.05) is 0 Å². The van der Waals surface area contributed by atoms with Gasteiger partial charge < -0.3 is 23.7 Å². The number of H-pyrrole nitrogens is 1. The fraction of sp³-hybridized carbons (Fsp3) is 0.625. The van der Waals surface area contributed by atoms with E-state index in [9.17, 15) is 19.2 Å². The number of aromatic nitrogens is 2. The molecule has 2 heterocycles. The van der Waals surface area contributed by atoms with Gasteiger partial charge in [-0.25, -0.2) is 4.79 Å². The Kier molecular flexibility index (Phi) is 6.88. The molecule has 2 rings (SSSR count). The Balaban J connectivity index is 2.32. The number of ether oxygens (including phenoxy) is 5. The highest BCUT2D eigenvalue weighted by molar-refractivity contribution is 5.66. The first kappa shape index (κ1) is 20.8. The summed E-state index contributed by atoms with van der Waals surface area (Å²) in [6, 6.07) is 0. The SMILES string of the molecule is COC(OC)c1cn([C@H]2C[C@H](OC(C)=O)[C@@H](COC(C)=O)O2)c(=O)[nH]c1=O. The van der Waals surface area contributed by atoms with Crippen LogP contribution in [0.1, 0.15) is 38.3 Å². The number of carbonyl (C=O) groups excluding carboxylic acids is 2. The average Bonchev–Trinajstić information content (AvgIpc) is 2.97. The molecular weight excluding hydrogens is 364 g/mol. The van der Waals surface area contributed by atoms with Crippen LogP contribution in [0.15, 0.2) is 15.8 Å². The minimum atomic E-state index is -0.983. The van der Waals surface area contributed by atoms with Crippen LogP contribution in [0.5, 0.6) is 0 Å². The molecule has 11 heteroatoms. The lowest BCUT2D eigenvalue weighted by atomic mass is 10.2. The van der Waals surface area contributed by atoms with E-state index in [4.69, 9.17) is 23.7 Å². The number of carbonyl (C=O) groups is 2. The minimum absolute atomic E-state index is 0.0654. The minimum Gasteiger partial charge on any atom is -0.463 e. The van der Waals surface area contributed by atoms with Crippen molar-refractivity contribution >= 4 is 11.9 Å². The summed E-state index contributed by atoms with van der Waals surface area (Å²) >= 11 is 0. The quantitative estimate of drug-likeness (QED) is 0.491. The van der Waals surface area contributed by atoms with Crippen LogP contribution in [0.25, 0.3) is 0 Å². The van der Waals surface area contributed by atoms with Crippen molar-refractivity contribution in [2.45, 2.75) is 45.0 Å². The fourth-order valence-electron chi connectivity index (χ4n) is 2.79. The molecule has 1 N–H and O–H groups in total. The lowest BCUT2D eigenvalue weighted by Gasteiger charge is -2.18. The zero-order valence-electron chi connectivity index (χ0n) is 15.4. The average molecular weight is 386 g/mol. The molecule has 3 atom stereocenters. The van der Waals surface area contributed by atoms with E-state index in [-0.39, 0.29) is 18.6 Å². The smallest absolute Gasteiger partial charge is 0.330 e. The first-order chi connectivity index (χ1) is 12.8. The molecule has 0 bridgehead atoms. The molecule has 1 saturated heterocycles. The van der Waals surface area contributed by atoms with Crippen LogP contribution in [0, 0.1) is 0 Å². The molecule has 27 heavy (non-hydrogen) atoms. The summed E-state index contributed by atoms with van der Waals surface area (Å²) in [5.74, 6) is -1.06. The van der Waals surface area contributed by atoms with Gasteiger partial charge in [-0.3, -0.25) is 23.9 Å². The monoisotopic (exact) mass is 386 g/mol. The van der Waals surface area contributed by atoms with Gasteiger partial charge in [0.25, 0.3) is 5.56 Å². The Bertz CT molecular complexity index is 796. The molecule has 1 aromatic rings. The van der Waals surface area contributed by atoms with Crippen molar-refractivity contribution in [3.8, 4) is 0 Å². The van der Waals surface area contributed by atoms with Crippen LogP contribution in [-0.4, -0.2) is 54.5 Å². The first-order valence-electron chi connectivity index (χ1n) is 8.13. The molecule has 0 aromatic carbocycles. The standard InChI is InChI=1S/C16H22N2O9/c1-8(19)25-7-12-11(26-9(2)20)5-13(27-12)18-6-10(15(23-3)24-4)14(21)17-16(18)22/h6,11-13,15H,5,7H2,1-4H3,(H,17,21,22)/t11-,12+,13+/m0/s1. The predicted octanol–water partition coefficient (Wildman–Crippen LogP) is -0.390. The van der Waals surface area contributed by atoms with Crippen molar-refractivity contribution in [1.29, 1.82) is 0 Å². The zero-order chi connectivity index (χ0) is 20.1. The van der Waals surface area contributed by atoms with Gasteiger partial charge in [0.2, 0.25) is 0 Å². The summed E-state index contributed by atoms with van der Waals surface area (Å²) in [5, 5.41) is 0. The van der Waals surface area contributed by atoms with E-state index in [1.165, 1.54) is 34.3 Å². The van der Waals surface area contributed by atoms with Gasteiger partial charge in [-0.05, 0) is 0 Å². The summed E-state index contributed by atoms with van der Waals surface area (Å²) in [7, 11) is 2.70. The third-order valence-corrected chi connectivity index (χ3v) is 3.94. The molecule has 0 aliphatic carbocycles. The van der Waals surface area contributed by atoms with Crippen LogP contribution in [0.2, 0.25) is 0 Å². The number of hydrogen-bond acceptors (Lipinski definition) is 9. The number of methoxy groups -OCH3 is 2. The molecule has 0 saturated carbocycles. The molecule has 1 aliphatic heterocycles. The molecule has 0 amide bonds. The summed E-state index contributed by atoms with van der Waals surface area (Å²) in [5.41, 5.74) is -1.30. The van der Waals surface area contributed by atoms with Crippen molar-refractivity contribution < 1.29 is 33.3 Å². The Morgan fingerprint density at radius 2 is 1.93 bits per heavy atom. The Labute approximate surface area is 154 Å². The van der Waals surface area contributed by atoms with E-state index in [0.29, 0.717) is 0 Å². The molecule has 0 spiro atoms. The van der Waals surface area contributed by atoms with Crippen molar-refractivity contribution in [2.24, 2.45) is 0 Å². The second-order valence-electron chi connectivity index (χ2n) is 5.87. The first-order valence-corrected chi connectivity index (χ1v) is 8.13. The number of esters is 2. The Morgan fingerprint density at radius 3 is 2.48 bits per heavy atom. The second kappa shape index (κ2) is 8.93. The van der Waals surface area contributed by atoms with Crippen molar-refractivity contribution in [1.82, 2.24) is 9.55 Å². The van der Waals surface area contributed by atoms with Crippen LogP contribution in [0.3, 0.4) is 0 Å². The maximum atomic E-state index is 12.2. The zero-order valence-corrected chi connectivity index (χ0v) is 15.4. The van der Waals surface area contributed by atoms with Crippen LogP contribution < -0.4 is 11.2 Å². The molecule has 0 unspecified atom stereocenters. The summed E-state index contributed by atoms with van der Waals surface area (Å²) in [6.45, 7) is 2.33. The van der Waals surface area contributed by atoms with Gasteiger partial charge >= 0.3 is 17.6 Å². The van der Waals surface area contributed by atoms with Crippen LogP contribution in [0.4, 0.5) is 0 Å². The normalized spacial score (nSPS) is 22.0. The summed E-state index contributed by atoms with van der Waals surface area (Å²) < 4.78 is 27.1. The fourth-order valence-corrected chi connectivity index (χ4v) is 2.79. The maximum Gasteiger partial charge on any atom is 0.330 e. The van der Waals surface area contributed by atoms with E-state index < -0.39 is 47.9 Å². The Morgan fingerprint density at radius 1 is 1.26 bits per heavy atom. The summed E-state index contributed by atoms with van der Waals surface area (Å²) in [6.07, 6.45) is -1.93. The van der Waals surface area contributed by atoms with Gasteiger partial charge in [-0.2, -0.15) is 0 Å². The van der Waals surface area contributed by atoms with E-state index in [0.717, 1.165) is 4.57 Å². The third kappa shape index (κ3) is 5.02. The molecule has 1 fully saturated rings. The van der Waals surface area contributed by atoms with Gasteiger partial charge in [-0.15, -0.1) is 0 Å². The topological polar surface area (TPSA) is 135 Å². The molecule has 1 aromatic heterocycles. The molecule has 150 valence electrons. The highest BCUT2D eigenvalue weighted by Gasteiger charge is 2.40. The van der Waals surface area contributed by atoms with Crippen molar-refractivity contribution in [3.05, 3.63) is 32.6 Å². The Hall–Kier alpha value is -2.50. The molecule has 1 aliphatic rings. The van der Waals surface area contributed by atoms with Gasteiger partial charge in [0, 0.05) is 40.7 Å². The van der Waals surface area contributed by atoms with Crippen LogP contribution in [-0.2, 0) is 33.3 Å².